The highest BCUT2D eigenvalue weighted by Gasteiger charge is 2.15. The first-order chi connectivity index (χ1) is 10.1. The number of hydrogen-bond donors (Lipinski definition) is 2. The van der Waals surface area contributed by atoms with Gasteiger partial charge in [0.1, 0.15) is 5.75 Å². The van der Waals surface area contributed by atoms with E-state index >= 15 is 0 Å². The van der Waals surface area contributed by atoms with Gasteiger partial charge < -0.3 is 20.5 Å². The zero-order valence-electron chi connectivity index (χ0n) is 12.1. The van der Waals surface area contributed by atoms with Gasteiger partial charge in [0, 0.05) is 13.7 Å². The third-order valence-corrected chi connectivity index (χ3v) is 3.96. The number of fused-ring (bicyclic) bond motifs is 1. The summed E-state index contributed by atoms with van der Waals surface area (Å²) in [5, 5.41) is 3.30. The van der Waals surface area contributed by atoms with Crippen molar-refractivity contribution in [1.82, 2.24) is 4.98 Å². The number of amides is 1. The molecule has 1 atom stereocenters. The number of carbonyl (C=O) groups is 1. The lowest BCUT2D eigenvalue weighted by Crippen LogP contribution is -2.35. The normalized spacial score (nSPS) is 12.3. The largest absolute Gasteiger partial charge is 0.497 e. The molecule has 7 heteroatoms. The topological polar surface area (TPSA) is 86.5 Å². The molecule has 3 N–H and O–H groups in total. The van der Waals surface area contributed by atoms with Gasteiger partial charge in [-0.05, 0) is 31.0 Å². The van der Waals surface area contributed by atoms with Gasteiger partial charge in [0.2, 0.25) is 5.91 Å². The molecule has 0 aliphatic carbocycles. The first kappa shape index (κ1) is 15.7. The summed E-state index contributed by atoms with van der Waals surface area (Å²) in [6.45, 7) is 0.599. The summed E-state index contributed by atoms with van der Waals surface area (Å²) in [5.41, 5.74) is 6.66. The lowest BCUT2D eigenvalue weighted by atomic mass is 10.1. The number of carbonyl (C=O) groups excluding carboxylic acids is 1. The molecular weight excluding hydrogens is 290 g/mol. The molecule has 0 aliphatic heterocycles. The first-order valence-electron chi connectivity index (χ1n) is 6.64. The molecule has 1 aromatic heterocycles. The second-order valence-electron chi connectivity index (χ2n) is 4.58. The monoisotopic (exact) mass is 309 g/mol. The number of nitrogens with zero attached hydrogens (tertiary/aromatic N) is 1. The molecule has 6 nitrogen and oxygen atoms in total. The van der Waals surface area contributed by atoms with Gasteiger partial charge in [-0.2, -0.15) is 0 Å². The van der Waals surface area contributed by atoms with Crippen molar-refractivity contribution in [2.45, 2.75) is 18.9 Å². The number of benzene rings is 1. The summed E-state index contributed by atoms with van der Waals surface area (Å²) >= 11 is 1.40. The zero-order valence-corrected chi connectivity index (χ0v) is 12.9. The van der Waals surface area contributed by atoms with Crippen LogP contribution in [-0.4, -0.2) is 37.8 Å². The number of nitrogens with one attached hydrogen (secondary N) is 1. The minimum atomic E-state index is -0.554. The third kappa shape index (κ3) is 4.13. The standard InChI is InChI=1S/C14H19N3O3S/c1-19-7-3-4-10(15)13(18)17-14-16-11-6-5-9(20-2)8-12(11)21-14/h5-6,8,10H,3-4,7,15H2,1-2H3,(H,16,17,18). The Hall–Kier alpha value is -1.70. The quantitative estimate of drug-likeness (QED) is 0.764. The van der Waals surface area contributed by atoms with Crippen molar-refractivity contribution in [3.05, 3.63) is 18.2 Å². The fourth-order valence-electron chi connectivity index (χ4n) is 1.86. The number of nitrogens with two attached hydrogens (primary N) is 1. The number of thiazole rings is 1. The SMILES string of the molecule is COCCCC(N)C(=O)Nc1nc2ccc(OC)cc2s1. The van der Waals surface area contributed by atoms with Crippen molar-refractivity contribution in [1.29, 1.82) is 0 Å². The molecule has 2 aromatic rings. The van der Waals surface area contributed by atoms with Gasteiger partial charge in [-0.25, -0.2) is 4.98 Å². The van der Waals surface area contributed by atoms with Gasteiger partial charge in [-0.1, -0.05) is 11.3 Å². The molecule has 0 spiro atoms. The van der Waals surface area contributed by atoms with E-state index in [2.05, 4.69) is 10.3 Å². The molecule has 21 heavy (non-hydrogen) atoms. The average Bonchev–Trinajstić information content (AvgIpc) is 2.88. The first-order valence-corrected chi connectivity index (χ1v) is 7.45. The van der Waals surface area contributed by atoms with Crippen LogP contribution in [0.4, 0.5) is 5.13 Å². The number of ether oxygens (including phenoxy) is 2. The van der Waals surface area contributed by atoms with Crippen molar-refractivity contribution in [3.63, 3.8) is 0 Å². The second-order valence-corrected chi connectivity index (χ2v) is 5.61. The van der Waals surface area contributed by atoms with E-state index in [4.69, 9.17) is 15.2 Å². The van der Waals surface area contributed by atoms with Crippen LogP contribution in [0.3, 0.4) is 0 Å². The van der Waals surface area contributed by atoms with Crippen molar-refractivity contribution in [3.8, 4) is 5.75 Å². The zero-order chi connectivity index (χ0) is 15.2. The number of rotatable bonds is 7. The number of anilines is 1. The molecule has 0 radical (unpaired) electrons. The van der Waals surface area contributed by atoms with E-state index in [1.54, 1.807) is 14.2 Å². The minimum Gasteiger partial charge on any atom is -0.497 e. The van der Waals surface area contributed by atoms with Crippen LogP contribution < -0.4 is 15.8 Å². The second kappa shape index (κ2) is 7.35. The Balaban J connectivity index is 2.00. The highest BCUT2D eigenvalue weighted by atomic mass is 32.1. The van der Waals surface area contributed by atoms with Crippen LogP contribution in [0.15, 0.2) is 18.2 Å². The summed E-state index contributed by atoms with van der Waals surface area (Å²) in [7, 11) is 3.24. The van der Waals surface area contributed by atoms with Crippen LogP contribution in [-0.2, 0) is 9.53 Å². The van der Waals surface area contributed by atoms with E-state index in [0.717, 1.165) is 22.4 Å². The van der Waals surface area contributed by atoms with Gasteiger partial charge in [0.05, 0.1) is 23.4 Å². The molecule has 2 rings (SSSR count). The van der Waals surface area contributed by atoms with E-state index in [0.29, 0.717) is 18.2 Å². The predicted octanol–water partition coefficient (Wildman–Crippen LogP) is 2.00. The highest BCUT2D eigenvalue weighted by molar-refractivity contribution is 7.22. The number of methoxy groups -OCH3 is 2. The molecular formula is C14H19N3O3S. The van der Waals surface area contributed by atoms with E-state index < -0.39 is 6.04 Å². The smallest absolute Gasteiger partial charge is 0.243 e. The van der Waals surface area contributed by atoms with Crippen LogP contribution in [0, 0.1) is 0 Å². The molecule has 0 bridgehead atoms. The molecule has 0 aliphatic rings. The van der Waals surface area contributed by atoms with E-state index in [-0.39, 0.29) is 5.91 Å². The molecule has 1 aromatic carbocycles. The predicted molar refractivity (Wildman–Crippen MR) is 83.9 cm³/mol. The molecule has 0 fully saturated rings. The van der Waals surface area contributed by atoms with Gasteiger partial charge in [-0.15, -0.1) is 0 Å². The third-order valence-electron chi connectivity index (χ3n) is 3.03. The van der Waals surface area contributed by atoms with Crippen molar-refractivity contribution in [2.75, 3.05) is 26.1 Å². The molecule has 1 amide bonds. The fraction of sp³-hybridized carbons (Fsp3) is 0.429. The van der Waals surface area contributed by atoms with Crippen LogP contribution in [0.2, 0.25) is 0 Å². The summed E-state index contributed by atoms with van der Waals surface area (Å²) in [6.07, 6.45) is 1.33. The molecule has 1 unspecified atom stereocenters. The van der Waals surface area contributed by atoms with Gasteiger partial charge in [0.15, 0.2) is 5.13 Å². The van der Waals surface area contributed by atoms with E-state index in [9.17, 15) is 4.79 Å². The Bertz CT molecular complexity index is 615. The van der Waals surface area contributed by atoms with Crippen molar-refractivity contribution < 1.29 is 14.3 Å². The van der Waals surface area contributed by atoms with E-state index in [1.165, 1.54) is 11.3 Å². The lowest BCUT2D eigenvalue weighted by molar-refractivity contribution is -0.117. The van der Waals surface area contributed by atoms with Gasteiger partial charge in [0.25, 0.3) is 0 Å². The number of aromatic nitrogens is 1. The Morgan fingerprint density at radius 3 is 3.00 bits per heavy atom. The van der Waals surface area contributed by atoms with Crippen molar-refractivity contribution in [2.24, 2.45) is 5.73 Å². The van der Waals surface area contributed by atoms with Crippen molar-refractivity contribution >= 4 is 32.6 Å². The summed E-state index contributed by atoms with van der Waals surface area (Å²) < 4.78 is 11.1. The lowest BCUT2D eigenvalue weighted by Gasteiger charge is -2.09. The Kier molecular flexibility index (Phi) is 5.49. The molecule has 0 saturated heterocycles. The van der Waals surface area contributed by atoms with Crippen LogP contribution in [0.25, 0.3) is 10.2 Å². The summed E-state index contributed by atoms with van der Waals surface area (Å²) in [6, 6.07) is 5.03. The van der Waals surface area contributed by atoms with E-state index in [1.807, 2.05) is 18.2 Å². The maximum Gasteiger partial charge on any atom is 0.243 e. The maximum atomic E-state index is 12.0. The molecule has 0 saturated carbocycles. The van der Waals surface area contributed by atoms with Crippen LogP contribution in [0.5, 0.6) is 5.75 Å². The van der Waals surface area contributed by atoms with Crippen LogP contribution in [0.1, 0.15) is 12.8 Å². The van der Waals surface area contributed by atoms with Gasteiger partial charge >= 0.3 is 0 Å². The summed E-state index contributed by atoms with van der Waals surface area (Å²) in [5.74, 6) is 0.539. The minimum absolute atomic E-state index is 0.225. The average molecular weight is 309 g/mol. The Labute approximate surface area is 127 Å². The summed E-state index contributed by atoms with van der Waals surface area (Å²) in [4.78, 5) is 16.3. The Morgan fingerprint density at radius 1 is 1.48 bits per heavy atom. The number of hydrogen-bond acceptors (Lipinski definition) is 6. The van der Waals surface area contributed by atoms with Crippen LogP contribution >= 0.6 is 11.3 Å². The molecule has 1 heterocycles. The van der Waals surface area contributed by atoms with Gasteiger partial charge in [-0.3, -0.25) is 4.79 Å². The highest BCUT2D eigenvalue weighted by Crippen LogP contribution is 2.29. The Morgan fingerprint density at radius 2 is 2.29 bits per heavy atom. The molecule has 114 valence electrons. The maximum absolute atomic E-state index is 12.0. The fourth-order valence-corrected chi connectivity index (χ4v) is 2.76.